The molecule has 5 heteroatoms. The number of nitrogens with zero attached hydrogens (tertiary/aromatic N) is 1. The molecule has 1 saturated heterocycles. The van der Waals surface area contributed by atoms with Crippen molar-refractivity contribution in [1.82, 2.24) is 5.32 Å². The van der Waals surface area contributed by atoms with E-state index < -0.39 is 11.6 Å². The standard InChI is InChI=1S/C29H24N2O3/c1-29(30-27(32)21-12-5-2-6-13-21)26(31(28(29)33)23-15-7-3-8-16-23)22-14-11-19-25(20-22)34-24-17-9-4-10-18-24/h2-20,26H,1H3,(H,30,32)/t26-,29-/m1/s1. The molecule has 0 radical (unpaired) electrons. The number of amides is 2. The third kappa shape index (κ3) is 3.92. The van der Waals surface area contributed by atoms with E-state index in [2.05, 4.69) is 5.32 Å². The number of carbonyl (C=O) groups excluding carboxylic acids is 2. The van der Waals surface area contributed by atoms with Gasteiger partial charge in [0.1, 0.15) is 17.0 Å². The number of nitrogens with one attached hydrogen (secondary N) is 1. The van der Waals surface area contributed by atoms with Crippen LogP contribution in [0, 0.1) is 0 Å². The Morgan fingerprint density at radius 2 is 1.38 bits per heavy atom. The second-order valence-electron chi connectivity index (χ2n) is 8.42. The molecule has 4 aromatic rings. The van der Waals surface area contributed by atoms with Gasteiger partial charge in [0.05, 0.1) is 6.04 Å². The Morgan fingerprint density at radius 1 is 0.794 bits per heavy atom. The Labute approximate surface area is 198 Å². The molecule has 168 valence electrons. The van der Waals surface area contributed by atoms with Crippen LogP contribution in [-0.2, 0) is 4.79 Å². The first-order valence-corrected chi connectivity index (χ1v) is 11.2. The predicted octanol–water partition coefficient (Wildman–Crippen LogP) is 5.76. The van der Waals surface area contributed by atoms with Gasteiger partial charge in [-0.05, 0) is 61.0 Å². The van der Waals surface area contributed by atoms with Gasteiger partial charge < -0.3 is 10.1 Å². The zero-order valence-electron chi connectivity index (χ0n) is 18.7. The molecule has 1 aliphatic heterocycles. The van der Waals surface area contributed by atoms with Gasteiger partial charge in [-0.2, -0.15) is 0 Å². The number of rotatable bonds is 6. The highest BCUT2D eigenvalue weighted by Gasteiger charge is 2.59. The van der Waals surface area contributed by atoms with Gasteiger partial charge in [0.15, 0.2) is 0 Å². The number of ether oxygens (including phenoxy) is 1. The van der Waals surface area contributed by atoms with Crippen molar-refractivity contribution in [3.8, 4) is 11.5 Å². The van der Waals surface area contributed by atoms with E-state index in [9.17, 15) is 9.59 Å². The minimum absolute atomic E-state index is 0.164. The maximum Gasteiger partial charge on any atom is 0.255 e. The summed E-state index contributed by atoms with van der Waals surface area (Å²) in [4.78, 5) is 28.2. The van der Waals surface area contributed by atoms with Gasteiger partial charge in [-0.15, -0.1) is 0 Å². The van der Waals surface area contributed by atoms with Crippen molar-refractivity contribution in [3.05, 3.63) is 126 Å². The molecular weight excluding hydrogens is 424 g/mol. The summed E-state index contributed by atoms with van der Waals surface area (Å²) in [5.41, 5.74) is 1.04. The number of benzene rings is 4. The Balaban J connectivity index is 1.51. The van der Waals surface area contributed by atoms with Crippen molar-refractivity contribution >= 4 is 17.5 Å². The number of β-lactam (4-membered cyclic amide) rings is 1. The third-order valence-electron chi connectivity index (χ3n) is 6.06. The van der Waals surface area contributed by atoms with Crippen LogP contribution in [0.25, 0.3) is 0 Å². The van der Waals surface area contributed by atoms with E-state index in [1.54, 1.807) is 36.1 Å². The molecule has 0 aliphatic carbocycles. The lowest BCUT2D eigenvalue weighted by Gasteiger charge is -2.54. The van der Waals surface area contributed by atoms with E-state index in [4.69, 9.17) is 4.74 Å². The molecule has 0 bridgehead atoms. The van der Waals surface area contributed by atoms with Crippen molar-refractivity contribution in [1.29, 1.82) is 0 Å². The van der Waals surface area contributed by atoms with Crippen LogP contribution in [0.15, 0.2) is 115 Å². The number of hydrogen-bond donors (Lipinski definition) is 1. The normalized spacial score (nSPS) is 19.3. The highest BCUT2D eigenvalue weighted by Crippen LogP contribution is 2.47. The average Bonchev–Trinajstić information content (AvgIpc) is 2.88. The minimum atomic E-state index is -1.12. The van der Waals surface area contributed by atoms with E-state index >= 15 is 0 Å². The van der Waals surface area contributed by atoms with E-state index in [0.717, 1.165) is 17.0 Å². The van der Waals surface area contributed by atoms with Gasteiger partial charge in [0.2, 0.25) is 0 Å². The number of anilines is 1. The smallest absolute Gasteiger partial charge is 0.255 e. The molecule has 1 heterocycles. The van der Waals surface area contributed by atoms with E-state index in [1.165, 1.54) is 0 Å². The molecule has 1 fully saturated rings. The molecular formula is C29H24N2O3. The van der Waals surface area contributed by atoms with Crippen molar-refractivity contribution in [2.45, 2.75) is 18.5 Å². The summed E-state index contributed by atoms with van der Waals surface area (Å²) in [6, 6.07) is 35.2. The quantitative estimate of drug-likeness (QED) is 0.382. The maximum absolute atomic E-state index is 13.5. The van der Waals surface area contributed by atoms with Crippen molar-refractivity contribution in [3.63, 3.8) is 0 Å². The summed E-state index contributed by atoms with van der Waals surface area (Å²) in [5, 5.41) is 3.01. The first-order chi connectivity index (χ1) is 16.6. The van der Waals surface area contributed by atoms with Crippen molar-refractivity contribution < 1.29 is 14.3 Å². The topological polar surface area (TPSA) is 58.6 Å². The zero-order valence-corrected chi connectivity index (χ0v) is 18.7. The lowest BCUT2D eigenvalue weighted by Crippen LogP contribution is -2.74. The van der Waals surface area contributed by atoms with Crippen LogP contribution >= 0.6 is 0 Å². The Bertz CT molecular complexity index is 1310. The van der Waals surface area contributed by atoms with Gasteiger partial charge in [-0.25, -0.2) is 0 Å². The van der Waals surface area contributed by atoms with Gasteiger partial charge in [0.25, 0.3) is 11.8 Å². The van der Waals surface area contributed by atoms with Crippen LogP contribution in [-0.4, -0.2) is 17.4 Å². The van der Waals surface area contributed by atoms with Gasteiger partial charge >= 0.3 is 0 Å². The summed E-state index contributed by atoms with van der Waals surface area (Å²) in [7, 11) is 0. The Morgan fingerprint density at radius 3 is 2.06 bits per heavy atom. The minimum Gasteiger partial charge on any atom is -0.457 e. The molecule has 5 rings (SSSR count). The van der Waals surface area contributed by atoms with Crippen LogP contribution in [0.4, 0.5) is 5.69 Å². The lowest BCUT2D eigenvalue weighted by atomic mass is 9.75. The Kier molecular flexibility index (Phi) is 5.60. The summed E-state index contributed by atoms with van der Waals surface area (Å²) in [6.45, 7) is 1.78. The third-order valence-corrected chi connectivity index (χ3v) is 6.06. The summed E-state index contributed by atoms with van der Waals surface area (Å²) >= 11 is 0. The van der Waals surface area contributed by atoms with E-state index in [1.807, 2.05) is 91.0 Å². The van der Waals surface area contributed by atoms with Crippen LogP contribution in [0.3, 0.4) is 0 Å². The summed E-state index contributed by atoms with van der Waals surface area (Å²) < 4.78 is 6.03. The molecule has 0 aromatic heterocycles. The lowest BCUT2D eigenvalue weighted by molar-refractivity contribution is -0.133. The molecule has 34 heavy (non-hydrogen) atoms. The Hall–Kier alpha value is -4.38. The molecule has 0 saturated carbocycles. The fourth-order valence-electron chi connectivity index (χ4n) is 4.41. The highest BCUT2D eigenvalue weighted by molar-refractivity contribution is 6.12. The van der Waals surface area contributed by atoms with Crippen LogP contribution < -0.4 is 15.0 Å². The number of carbonyl (C=O) groups is 2. The molecule has 0 unspecified atom stereocenters. The fourth-order valence-corrected chi connectivity index (χ4v) is 4.41. The first-order valence-electron chi connectivity index (χ1n) is 11.2. The van der Waals surface area contributed by atoms with Crippen molar-refractivity contribution in [2.75, 3.05) is 4.90 Å². The maximum atomic E-state index is 13.5. The molecule has 1 N–H and O–H groups in total. The molecule has 5 nitrogen and oxygen atoms in total. The van der Waals surface area contributed by atoms with Gasteiger partial charge in [0, 0.05) is 11.3 Å². The SMILES string of the molecule is C[C@]1(NC(=O)c2ccccc2)C(=O)N(c2ccccc2)[C@@H]1c1cccc(Oc2ccccc2)c1. The molecule has 2 atom stereocenters. The second kappa shape index (κ2) is 8.87. The summed E-state index contributed by atoms with van der Waals surface area (Å²) in [6.07, 6.45) is 0. The average molecular weight is 449 g/mol. The van der Waals surface area contributed by atoms with Gasteiger partial charge in [-0.3, -0.25) is 14.5 Å². The number of hydrogen-bond acceptors (Lipinski definition) is 3. The number of para-hydroxylation sites is 2. The molecule has 2 amide bonds. The van der Waals surface area contributed by atoms with Crippen LogP contribution in [0.1, 0.15) is 28.9 Å². The van der Waals surface area contributed by atoms with Gasteiger partial charge in [-0.1, -0.05) is 66.7 Å². The van der Waals surface area contributed by atoms with Crippen LogP contribution in [0.2, 0.25) is 0 Å². The zero-order chi connectivity index (χ0) is 23.5. The largest absolute Gasteiger partial charge is 0.457 e. The molecule has 1 aliphatic rings. The first kappa shape index (κ1) is 21.5. The fraction of sp³-hybridized carbons (Fsp3) is 0.103. The highest BCUT2D eigenvalue weighted by atomic mass is 16.5. The summed E-state index contributed by atoms with van der Waals surface area (Å²) in [5.74, 6) is 0.936. The van der Waals surface area contributed by atoms with Crippen molar-refractivity contribution in [2.24, 2.45) is 0 Å². The molecule has 0 spiro atoms. The van der Waals surface area contributed by atoms with E-state index in [-0.39, 0.29) is 11.8 Å². The monoisotopic (exact) mass is 448 g/mol. The predicted molar refractivity (Wildman–Crippen MR) is 132 cm³/mol. The molecule has 4 aromatic carbocycles. The van der Waals surface area contributed by atoms with Crippen LogP contribution in [0.5, 0.6) is 11.5 Å². The van der Waals surface area contributed by atoms with E-state index in [0.29, 0.717) is 11.3 Å². The second-order valence-corrected chi connectivity index (χ2v) is 8.42.